The number of aromatic nitrogens is 4. The van der Waals surface area contributed by atoms with Crippen molar-refractivity contribution >= 4 is 0 Å². The van der Waals surface area contributed by atoms with Crippen LogP contribution in [0.3, 0.4) is 0 Å². The normalized spacial score (nSPS) is 6.86. The average Bonchev–Trinajstić information content (AvgIpc) is 1.72. The Labute approximate surface area is 54.0 Å². The first-order valence-corrected chi connectivity index (χ1v) is 1.43. The van der Waals surface area contributed by atoms with Gasteiger partial charge in [0.1, 0.15) is 0 Å². The molecule has 0 atom stereocenters. The minimum absolute atomic E-state index is 0. The van der Waals surface area contributed by atoms with Gasteiger partial charge in [0, 0.05) is 20.4 Å². The van der Waals surface area contributed by atoms with Crippen molar-refractivity contribution in [1.82, 2.24) is 20.4 Å². The fourth-order valence-electron chi connectivity index (χ4n) is 0.165. The molecule has 0 saturated heterocycles. The Hall–Kier alpha value is -0.398. The van der Waals surface area contributed by atoms with Crippen molar-refractivity contribution in [1.29, 1.82) is 0 Å². The van der Waals surface area contributed by atoms with Crippen LogP contribution in [-0.4, -0.2) is 20.4 Å². The summed E-state index contributed by atoms with van der Waals surface area (Å²) in [6, 6.07) is 0. The molecule has 37 valence electrons. The molecule has 0 spiro atoms. The molecule has 1 radical (unpaired) electrons. The third-order valence-corrected chi connectivity index (χ3v) is 0.340. The molecule has 0 aliphatic carbocycles. The van der Waals surface area contributed by atoms with Gasteiger partial charge in [0.25, 0.3) is 0 Å². The van der Waals surface area contributed by atoms with Gasteiger partial charge in [-0.3, -0.25) is 0 Å². The Morgan fingerprint density at radius 2 is 1.00 bits per heavy atom. The summed E-state index contributed by atoms with van der Waals surface area (Å²) < 4.78 is 0. The van der Waals surface area contributed by atoms with Crippen LogP contribution in [0.15, 0.2) is 12.7 Å². The minimum Gasteiger partial charge on any atom is -0.135 e. The monoisotopic (exact) mass is 269 g/mol. The van der Waals surface area contributed by atoms with E-state index in [1.807, 2.05) is 0 Å². The summed E-state index contributed by atoms with van der Waals surface area (Å²) in [7, 11) is 0. The second-order valence-corrected chi connectivity index (χ2v) is 0.693. The number of hydrogen-bond acceptors (Lipinski definition) is 4. The molecule has 0 aliphatic rings. The van der Waals surface area contributed by atoms with Gasteiger partial charge in [0.2, 0.25) is 0 Å². The molecular formula is C2H2N4Re. The summed E-state index contributed by atoms with van der Waals surface area (Å²) >= 11 is 0. The third kappa shape index (κ3) is 2.32. The first kappa shape index (κ1) is 6.60. The van der Waals surface area contributed by atoms with E-state index in [4.69, 9.17) is 0 Å². The molecule has 1 aromatic heterocycles. The van der Waals surface area contributed by atoms with Crippen LogP contribution in [0.1, 0.15) is 0 Å². The van der Waals surface area contributed by atoms with Crippen LogP contribution >= 0.6 is 0 Å². The first-order chi connectivity index (χ1) is 3.00. The van der Waals surface area contributed by atoms with Crippen molar-refractivity contribution in [2.75, 3.05) is 0 Å². The van der Waals surface area contributed by atoms with Gasteiger partial charge in [0.15, 0.2) is 12.7 Å². The molecule has 0 aliphatic heterocycles. The Morgan fingerprint density at radius 3 is 1.14 bits per heavy atom. The topological polar surface area (TPSA) is 51.6 Å². The van der Waals surface area contributed by atoms with Gasteiger partial charge in [0.05, 0.1) is 0 Å². The standard InChI is InChI=1S/C2H2N4.Re/c1-3-5-2-6-4-1;/h1-2H;. The van der Waals surface area contributed by atoms with Crippen molar-refractivity contribution < 1.29 is 20.4 Å². The van der Waals surface area contributed by atoms with E-state index in [0.717, 1.165) is 0 Å². The first-order valence-electron chi connectivity index (χ1n) is 1.43. The predicted molar refractivity (Wildman–Crippen MR) is 17.6 cm³/mol. The summed E-state index contributed by atoms with van der Waals surface area (Å²) in [5.74, 6) is 0. The van der Waals surface area contributed by atoms with Gasteiger partial charge in [-0.25, -0.2) is 0 Å². The number of nitrogens with zero attached hydrogens (tertiary/aromatic N) is 4. The Bertz CT molecular complexity index is 81.6. The van der Waals surface area contributed by atoms with E-state index in [1.165, 1.54) is 12.7 Å². The predicted octanol–water partition coefficient (Wildman–Crippen LogP) is -0.736. The molecule has 0 unspecified atom stereocenters. The van der Waals surface area contributed by atoms with E-state index < -0.39 is 0 Å². The molecule has 5 heteroatoms. The molecule has 4 nitrogen and oxygen atoms in total. The molecule has 0 aromatic carbocycles. The zero-order valence-corrected chi connectivity index (χ0v) is 6.04. The molecule has 7 heavy (non-hydrogen) atoms. The summed E-state index contributed by atoms with van der Waals surface area (Å²) in [6.45, 7) is 0. The molecule has 1 aromatic rings. The molecule has 0 saturated carbocycles. The minimum atomic E-state index is 0. The second kappa shape index (κ2) is 3.78. The van der Waals surface area contributed by atoms with Crippen molar-refractivity contribution in [3.05, 3.63) is 12.7 Å². The summed E-state index contributed by atoms with van der Waals surface area (Å²) in [4.78, 5) is 0. The largest absolute Gasteiger partial charge is 0.160 e. The summed E-state index contributed by atoms with van der Waals surface area (Å²) in [5, 5.41) is 13.4. The zero-order chi connectivity index (χ0) is 4.24. The van der Waals surface area contributed by atoms with Crippen LogP contribution in [-0.2, 0) is 20.4 Å². The molecule has 0 fully saturated rings. The second-order valence-electron chi connectivity index (χ2n) is 0.693. The Kier molecular flexibility index (Phi) is 3.57. The van der Waals surface area contributed by atoms with E-state index >= 15 is 0 Å². The van der Waals surface area contributed by atoms with E-state index in [-0.39, 0.29) is 20.4 Å². The quantitative estimate of drug-likeness (QED) is 0.622. The zero-order valence-electron chi connectivity index (χ0n) is 3.32. The van der Waals surface area contributed by atoms with E-state index in [0.29, 0.717) is 0 Å². The maximum Gasteiger partial charge on any atom is 0.160 e. The summed E-state index contributed by atoms with van der Waals surface area (Å²) in [6.07, 6.45) is 2.56. The Balaban J connectivity index is 0.000000360. The fourth-order valence-corrected chi connectivity index (χ4v) is 0.165. The van der Waals surface area contributed by atoms with Crippen molar-refractivity contribution in [2.45, 2.75) is 0 Å². The van der Waals surface area contributed by atoms with Gasteiger partial charge in [-0.05, 0) is 0 Å². The molecule has 0 N–H and O–H groups in total. The van der Waals surface area contributed by atoms with E-state index in [9.17, 15) is 0 Å². The summed E-state index contributed by atoms with van der Waals surface area (Å²) in [5.41, 5.74) is 0. The molecule has 1 heterocycles. The van der Waals surface area contributed by atoms with E-state index in [1.54, 1.807) is 0 Å². The van der Waals surface area contributed by atoms with Crippen molar-refractivity contribution in [2.24, 2.45) is 0 Å². The van der Waals surface area contributed by atoms with Crippen LogP contribution in [0, 0.1) is 0 Å². The van der Waals surface area contributed by atoms with Crippen molar-refractivity contribution in [3.63, 3.8) is 0 Å². The fraction of sp³-hybridized carbons (Fsp3) is 0. The van der Waals surface area contributed by atoms with Crippen LogP contribution in [0.5, 0.6) is 0 Å². The average molecular weight is 268 g/mol. The number of hydrogen-bond donors (Lipinski definition) is 0. The molecular weight excluding hydrogens is 266 g/mol. The molecule has 0 bridgehead atoms. The maximum atomic E-state index is 3.36. The molecule has 1 rings (SSSR count). The maximum absolute atomic E-state index is 3.36. The van der Waals surface area contributed by atoms with Gasteiger partial charge >= 0.3 is 0 Å². The third-order valence-electron chi connectivity index (χ3n) is 0.340. The van der Waals surface area contributed by atoms with Gasteiger partial charge in [-0.2, -0.15) is 0 Å². The van der Waals surface area contributed by atoms with Crippen LogP contribution in [0.2, 0.25) is 0 Å². The van der Waals surface area contributed by atoms with Gasteiger partial charge in [-0.15, -0.1) is 20.4 Å². The van der Waals surface area contributed by atoms with Crippen molar-refractivity contribution in [3.8, 4) is 0 Å². The molecule has 0 amide bonds. The van der Waals surface area contributed by atoms with E-state index in [2.05, 4.69) is 20.4 Å². The Morgan fingerprint density at radius 1 is 0.714 bits per heavy atom. The van der Waals surface area contributed by atoms with Gasteiger partial charge in [-0.1, -0.05) is 0 Å². The van der Waals surface area contributed by atoms with Crippen LogP contribution in [0.4, 0.5) is 0 Å². The SMILES string of the molecule is [Re].c1nncnn1. The van der Waals surface area contributed by atoms with Gasteiger partial charge < -0.3 is 0 Å². The smallest absolute Gasteiger partial charge is 0.135 e. The van der Waals surface area contributed by atoms with Crippen LogP contribution < -0.4 is 0 Å². The number of rotatable bonds is 0. The van der Waals surface area contributed by atoms with Crippen LogP contribution in [0.25, 0.3) is 0 Å².